The minimum Gasteiger partial charge on any atom is -0.391 e. The van der Waals surface area contributed by atoms with Gasteiger partial charge in [0.2, 0.25) is 0 Å². The molecule has 0 aromatic heterocycles. The Labute approximate surface area is 75.1 Å². The Hall–Kier alpha value is 0.650. The van der Waals surface area contributed by atoms with Gasteiger partial charge in [0.05, 0.1) is 6.10 Å². The molecule has 1 saturated heterocycles. The Kier molecular flexibility index (Phi) is 1.69. The first-order chi connectivity index (χ1) is 4.73. The van der Waals surface area contributed by atoms with E-state index in [1.807, 2.05) is 0 Å². The summed E-state index contributed by atoms with van der Waals surface area (Å²) >= 11 is 2.29. The van der Waals surface area contributed by atoms with E-state index in [2.05, 4.69) is 26.0 Å². The van der Waals surface area contributed by atoms with Crippen molar-refractivity contribution in [1.82, 2.24) is 3.11 Å². The van der Waals surface area contributed by atoms with E-state index in [0.717, 1.165) is 13.1 Å². The Morgan fingerprint density at radius 1 is 1.40 bits per heavy atom. The standard InChI is InChI=1S/C7H12INO/c8-9-4-3-7(1-2-7)6(10)5-9/h6,10H,1-5H2. The number of hydrogen-bond donors (Lipinski definition) is 1. The van der Waals surface area contributed by atoms with Gasteiger partial charge in [0.15, 0.2) is 0 Å². The van der Waals surface area contributed by atoms with E-state index in [1.165, 1.54) is 19.3 Å². The molecule has 0 radical (unpaired) electrons. The van der Waals surface area contributed by atoms with E-state index in [1.54, 1.807) is 0 Å². The summed E-state index contributed by atoms with van der Waals surface area (Å²) in [4.78, 5) is 0. The van der Waals surface area contributed by atoms with Gasteiger partial charge in [-0.15, -0.1) is 0 Å². The van der Waals surface area contributed by atoms with E-state index in [-0.39, 0.29) is 6.10 Å². The zero-order chi connectivity index (χ0) is 7.19. The lowest BCUT2D eigenvalue weighted by Gasteiger charge is -2.32. The fraction of sp³-hybridized carbons (Fsp3) is 1.00. The van der Waals surface area contributed by atoms with Crippen LogP contribution in [0.1, 0.15) is 19.3 Å². The van der Waals surface area contributed by atoms with Crippen LogP contribution in [-0.4, -0.2) is 27.4 Å². The molecule has 1 N–H and O–H groups in total. The van der Waals surface area contributed by atoms with Crippen molar-refractivity contribution in [2.45, 2.75) is 25.4 Å². The molecule has 1 aliphatic carbocycles. The number of aliphatic hydroxyl groups excluding tert-OH is 1. The number of aliphatic hydroxyl groups is 1. The third-order valence-electron chi connectivity index (χ3n) is 2.82. The Morgan fingerprint density at radius 3 is 2.60 bits per heavy atom. The number of halogens is 1. The molecule has 1 spiro atoms. The van der Waals surface area contributed by atoms with E-state index in [4.69, 9.17) is 0 Å². The first-order valence-corrected chi connectivity index (χ1v) is 4.78. The molecule has 58 valence electrons. The number of nitrogens with zero attached hydrogens (tertiary/aromatic N) is 1. The van der Waals surface area contributed by atoms with Gasteiger partial charge in [-0.1, -0.05) is 0 Å². The number of hydrogen-bond acceptors (Lipinski definition) is 2. The lowest BCUT2D eigenvalue weighted by Crippen LogP contribution is -2.40. The van der Waals surface area contributed by atoms with Crippen LogP contribution in [0.15, 0.2) is 0 Å². The van der Waals surface area contributed by atoms with Crippen LogP contribution in [0.5, 0.6) is 0 Å². The van der Waals surface area contributed by atoms with Gasteiger partial charge in [-0.3, -0.25) is 0 Å². The van der Waals surface area contributed by atoms with Gasteiger partial charge in [0, 0.05) is 36.0 Å². The van der Waals surface area contributed by atoms with Crippen molar-refractivity contribution in [3.8, 4) is 0 Å². The SMILES string of the molecule is OC1CN(I)CCC12CC2. The molecule has 2 aliphatic rings. The van der Waals surface area contributed by atoms with Gasteiger partial charge >= 0.3 is 0 Å². The normalized spacial score (nSPS) is 38.4. The van der Waals surface area contributed by atoms with Crippen molar-refractivity contribution in [2.75, 3.05) is 13.1 Å². The maximum absolute atomic E-state index is 9.62. The highest BCUT2D eigenvalue weighted by Crippen LogP contribution is 2.53. The second-order valence-corrected chi connectivity index (χ2v) is 4.86. The van der Waals surface area contributed by atoms with Crippen LogP contribution in [0, 0.1) is 5.41 Å². The lowest BCUT2D eigenvalue weighted by molar-refractivity contribution is 0.0459. The van der Waals surface area contributed by atoms with Crippen molar-refractivity contribution in [2.24, 2.45) is 5.41 Å². The van der Waals surface area contributed by atoms with Crippen LogP contribution < -0.4 is 0 Å². The van der Waals surface area contributed by atoms with E-state index < -0.39 is 0 Å². The molecule has 1 heterocycles. The van der Waals surface area contributed by atoms with Crippen LogP contribution in [0.3, 0.4) is 0 Å². The minimum absolute atomic E-state index is 0.0434. The highest BCUT2D eigenvalue weighted by Gasteiger charge is 2.50. The maximum atomic E-state index is 9.62. The highest BCUT2D eigenvalue weighted by molar-refractivity contribution is 14.1. The first kappa shape index (κ1) is 7.31. The molecule has 3 heteroatoms. The molecule has 1 saturated carbocycles. The van der Waals surface area contributed by atoms with Gasteiger partial charge in [-0.2, -0.15) is 0 Å². The number of piperidine rings is 1. The van der Waals surface area contributed by atoms with Crippen molar-refractivity contribution >= 4 is 22.9 Å². The fourth-order valence-corrected chi connectivity index (χ4v) is 2.34. The quantitative estimate of drug-likeness (QED) is 0.517. The average Bonchev–Trinajstić information content (AvgIpc) is 2.62. The van der Waals surface area contributed by atoms with Crippen molar-refractivity contribution in [1.29, 1.82) is 0 Å². The summed E-state index contributed by atoms with van der Waals surface area (Å²) in [6.07, 6.45) is 3.69. The van der Waals surface area contributed by atoms with Crippen molar-refractivity contribution < 1.29 is 5.11 Å². The monoisotopic (exact) mass is 253 g/mol. The molecule has 2 fully saturated rings. The summed E-state index contributed by atoms with van der Waals surface area (Å²) in [5.74, 6) is 0. The molecule has 1 aliphatic heterocycles. The fourth-order valence-electron chi connectivity index (χ4n) is 1.73. The molecular formula is C7H12INO. The van der Waals surface area contributed by atoms with Gasteiger partial charge < -0.3 is 5.11 Å². The lowest BCUT2D eigenvalue weighted by atomic mass is 9.92. The maximum Gasteiger partial charge on any atom is 0.0731 e. The summed E-state index contributed by atoms with van der Waals surface area (Å²) in [7, 11) is 0. The summed E-state index contributed by atoms with van der Waals surface area (Å²) in [5.41, 5.74) is 0.377. The van der Waals surface area contributed by atoms with Crippen molar-refractivity contribution in [3.05, 3.63) is 0 Å². The van der Waals surface area contributed by atoms with Gasteiger partial charge in [-0.05, 0) is 24.7 Å². The molecule has 1 atom stereocenters. The molecule has 2 rings (SSSR count). The van der Waals surface area contributed by atoms with Crippen LogP contribution in [0.2, 0.25) is 0 Å². The summed E-state index contributed by atoms with van der Waals surface area (Å²) in [6.45, 7) is 2.04. The van der Waals surface area contributed by atoms with E-state index >= 15 is 0 Å². The van der Waals surface area contributed by atoms with Gasteiger partial charge in [0.25, 0.3) is 0 Å². The summed E-state index contributed by atoms with van der Waals surface area (Å²) in [5, 5.41) is 9.62. The first-order valence-electron chi connectivity index (χ1n) is 3.82. The van der Waals surface area contributed by atoms with Crippen LogP contribution in [-0.2, 0) is 0 Å². The second-order valence-electron chi connectivity index (χ2n) is 3.50. The summed E-state index contributed by atoms with van der Waals surface area (Å²) < 4.78 is 2.19. The number of rotatable bonds is 0. The smallest absolute Gasteiger partial charge is 0.0731 e. The average molecular weight is 253 g/mol. The van der Waals surface area contributed by atoms with E-state index in [0.29, 0.717) is 5.41 Å². The predicted molar refractivity (Wildman–Crippen MR) is 47.9 cm³/mol. The molecule has 10 heavy (non-hydrogen) atoms. The van der Waals surface area contributed by atoms with Gasteiger partial charge in [0.1, 0.15) is 0 Å². The van der Waals surface area contributed by atoms with E-state index in [9.17, 15) is 5.11 Å². The topological polar surface area (TPSA) is 23.5 Å². The predicted octanol–water partition coefficient (Wildman–Crippen LogP) is 1.18. The third kappa shape index (κ3) is 1.08. The Bertz CT molecular complexity index is 147. The Morgan fingerprint density at radius 2 is 2.10 bits per heavy atom. The largest absolute Gasteiger partial charge is 0.391 e. The van der Waals surface area contributed by atoms with Crippen LogP contribution >= 0.6 is 22.9 Å². The molecule has 0 aromatic rings. The molecule has 0 amide bonds. The minimum atomic E-state index is -0.0434. The highest BCUT2D eigenvalue weighted by atomic mass is 127. The van der Waals surface area contributed by atoms with Crippen molar-refractivity contribution in [3.63, 3.8) is 0 Å². The second kappa shape index (κ2) is 2.32. The molecule has 0 bridgehead atoms. The molecule has 2 nitrogen and oxygen atoms in total. The zero-order valence-electron chi connectivity index (χ0n) is 5.89. The molecular weight excluding hydrogens is 241 g/mol. The summed E-state index contributed by atoms with van der Waals surface area (Å²) in [6, 6.07) is 0. The molecule has 1 unspecified atom stereocenters. The number of β-amino-alcohol motifs (C(OH)–C–C–N with tert-alkyl or cyclic N) is 1. The van der Waals surface area contributed by atoms with Crippen LogP contribution in [0.4, 0.5) is 0 Å². The van der Waals surface area contributed by atoms with Crippen LogP contribution in [0.25, 0.3) is 0 Å². The zero-order valence-corrected chi connectivity index (χ0v) is 8.04. The third-order valence-corrected chi connectivity index (χ3v) is 3.70. The Balaban J connectivity index is 2.01. The van der Waals surface area contributed by atoms with Gasteiger partial charge in [-0.25, -0.2) is 3.11 Å². The molecule has 0 aromatic carbocycles.